The van der Waals surface area contributed by atoms with Crippen LogP contribution >= 0.6 is 0 Å². The van der Waals surface area contributed by atoms with E-state index >= 15 is 0 Å². The van der Waals surface area contributed by atoms with Gasteiger partial charge in [-0.05, 0) is 25.1 Å². The molecule has 1 heterocycles. The first kappa shape index (κ1) is 14.9. The number of rotatable bonds is 5. The van der Waals surface area contributed by atoms with Gasteiger partial charge >= 0.3 is 5.97 Å². The van der Waals surface area contributed by atoms with Gasteiger partial charge in [-0.25, -0.2) is 9.18 Å². The Labute approximate surface area is 118 Å². The second kappa shape index (κ2) is 6.81. The highest BCUT2D eigenvalue weighted by Gasteiger charge is 2.17. The van der Waals surface area contributed by atoms with Crippen molar-refractivity contribution in [3.8, 4) is 0 Å². The van der Waals surface area contributed by atoms with E-state index in [0.29, 0.717) is 12.1 Å². The Bertz CT molecular complexity index is 471. The lowest BCUT2D eigenvalue weighted by Gasteiger charge is -2.34. The molecule has 0 aliphatic carbocycles. The van der Waals surface area contributed by atoms with Crippen LogP contribution in [0.5, 0.6) is 0 Å². The molecule has 1 aromatic rings. The molecule has 1 aliphatic rings. The molecule has 1 N–H and O–H groups in total. The van der Waals surface area contributed by atoms with Crippen LogP contribution < -0.4 is 0 Å². The minimum atomic E-state index is -1.09. The van der Waals surface area contributed by atoms with Gasteiger partial charge in [-0.2, -0.15) is 0 Å². The predicted octanol–water partition coefficient (Wildman–Crippen LogP) is 2.05. The largest absolute Gasteiger partial charge is 0.478 e. The molecule has 1 saturated heterocycles. The third-order valence-electron chi connectivity index (χ3n) is 3.70. The van der Waals surface area contributed by atoms with Crippen molar-refractivity contribution in [1.82, 2.24) is 9.80 Å². The van der Waals surface area contributed by atoms with Crippen LogP contribution in [0.15, 0.2) is 18.2 Å². The maximum Gasteiger partial charge on any atom is 0.335 e. The molecule has 0 spiro atoms. The molecule has 4 nitrogen and oxygen atoms in total. The third-order valence-corrected chi connectivity index (χ3v) is 3.70. The molecule has 1 aromatic carbocycles. The van der Waals surface area contributed by atoms with Crippen LogP contribution in [-0.4, -0.2) is 53.6 Å². The molecule has 20 heavy (non-hydrogen) atoms. The quantitative estimate of drug-likeness (QED) is 0.896. The summed E-state index contributed by atoms with van der Waals surface area (Å²) in [5, 5.41) is 8.82. The average Bonchev–Trinajstić information content (AvgIpc) is 2.43. The number of aromatic carboxylic acids is 1. The summed E-state index contributed by atoms with van der Waals surface area (Å²) < 4.78 is 13.9. The second-order valence-corrected chi connectivity index (χ2v) is 5.23. The van der Waals surface area contributed by atoms with Crippen molar-refractivity contribution in [2.24, 2.45) is 0 Å². The molecular formula is C15H21FN2O2. The van der Waals surface area contributed by atoms with Gasteiger partial charge < -0.3 is 10.0 Å². The Morgan fingerprint density at radius 2 is 1.90 bits per heavy atom. The van der Waals surface area contributed by atoms with Gasteiger partial charge in [0.15, 0.2) is 0 Å². The monoisotopic (exact) mass is 280 g/mol. The lowest BCUT2D eigenvalue weighted by molar-refractivity contribution is 0.0696. The highest BCUT2D eigenvalue weighted by molar-refractivity contribution is 5.87. The number of carbonyl (C=O) groups is 1. The summed E-state index contributed by atoms with van der Waals surface area (Å²) in [6.07, 6.45) is 1.16. The number of hydrogen-bond acceptors (Lipinski definition) is 3. The molecule has 1 aliphatic heterocycles. The molecular weight excluding hydrogens is 259 g/mol. The van der Waals surface area contributed by atoms with Gasteiger partial charge in [-0.3, -0.25) is 4.90 Å². The molecule has 0 bridgehead atoms. The fraction of sp³-hybridized carbons (Fsp3) is 0.533. The normalized spacial score (nSPS) is 17.3. The third kappa shape index (κ3) is 3.77. The lowest BCUT2D eigenvalue weighted by atomic mass is 10.1. The fourth-order valence-electron chi connectivity index (χ4n) is 2.54. The smallest absolute Gasteiger partial charge is 0.335 e. The molecule has 110 valence electrons. The van der Waals surface area contributed by atoms with Gasteiger partial charge in [0.2, 0.25) is 0 Å². The van der Waals surface area contributed by atoms with Crippen molar-refractivity contribution >= 4 is 5.97 Å². The first-order valence-electron chi connectivity index (χ1n) is 7.06. The highest BCUT2D eigenvalue weighted by Crippen LogP contribution is 2.14. The number of nitrogens with zero attached hydrogens (tertiary/aromatic N) is 2. The van der Waals surface area contributed by atoms with Gasteiger partial charge in [0.25, 0.3) is 0 Å². The molecule has 5 heteroatoms. The predicted molar refractivity (Wildman–Crippen MR) is 75.4 cm³/mol. The first-order chi connectivity index (χ1) is 9.60. The second-order valence-electron chi connectivity index (χ2n) is 5.23. The average molecular weight is 280 g/mol. The van der Waals surface area contributed by atoms with Crippen LogP contribution in [0.3, 0.4) is 0 Å². The van der Waals surface area contributed by atoms with Crippen molar-refractivity contribution in [2.75, 3.05) is 32.7 Å². The van der Waals surface area contributed by atoms with Gasteiger partial charge in [0.05, 0.1) is 5.56 Å². The van der Waals surface area contributed by atoms with Gasteiger partial charge in [0, 0.05) is 38.3 Å². The van der Waals surface area contributed by atoms with Crippen LogP contribution in [0.1, 0.15) is 29.3 Å². The number of carboxylic acids is 1. The van der Waals surface area contributed by atoms with Gasteiger partial charge in [-0.15, -0.1) is 0 Å². The summed E-state index contributed by atoms with van der Waals surface area (Å²) in [5.74, 6) is -1.52. The van der Waals surface area contributed by atoms with E-state index in [0.717, 1.165) is 45.2 Å². The summed E-state index contributed by atoms with van der Waals surface area (Å²) in [4.78, 5) is 15.4. The molecule has 0 aromatic heterocycles. The van der Waals surface area contributed by atoms with E-state index in [2.05, 4.69) is 16.7 Å². The van der Waals surface area contributed by atoms with E-state index < -0.39 is 11.8 Å². The van der Waals surface area contributed by atoms with E-state index in [4.69, 9.17) is 5.11 Å². The molecule has 2 rings (SSSR count). The maximum atomic E-state index is 13.9. The zero-order valence-electron chi connectivity index (χ0n) is 11.8. The van der Waals surface area contributed by atoms with E-state index in [1.54, 1.807) is 6.07 Å². The minimum Gasteiger partial charge on any atom is -0.478 e. The number of carboxylic acid groups (broad SMARTS) is 1. The van der Waals surface area contributed by atoms with Crippen molar-refractivity contribution in [1.29, 1.82) is 0 Å². The molecule has 0 radical (unpaired) electrons. The van der Waals surface area contributed by atoms with Gasteiger partial charge in [0.1, 0.15) is 5.82 Å². The van der Waals surface area contributed by atoms with Crippen molar-refractivity contribution in [3.05, 3.63) is 35.1 Å². The van der Waals surface area contributed by atoms with E-state index in [9.17, 15) is 9.18 Å². The standard InChI is InChI=1S/C15H21FN2O2/c1-2-5-17-6-8-18(9-7-17)11-13-4-3-12(15(19)20)10-14(13)16/h3-4,10H,2,5-9,11H2,1H3,(H,19,20). The summed E-state index contributed by atoms with van der Waals surface area (Å²) >= 11 is 0. The topological polar surface area (TPSA) is 43.8 Å². The molecule has 0 amide bonds. The first-order valence-corrected chi connectivity index (χ1v) is 7.06. The number of benzene rings is 1. The summed E-state index contributed by atoms with van der Waals surface area (Å²) in [5.41, 5.74) is 0.568. The SMILES string of the molecule is CCCN1CCN(Cc2ccc(C(=O)O)cc2F)CC1. The summed E-state index contributed by atoms with van der Waals surface area (Å²) in [7, 11) is 0. The molecule has 0 unspecified atom stereocenters. The summed E-state index contributed by atoms with van der Waals surface area (Å²) in [6.45, 7) is 7.73. The number of halogens is 1. The molecule has 0 atom stereocenters. The van der Waals surface area contributed by atoms with Crippen LogP contribution in [-0.2, 0) is 6.54 Å². The number of piperazine rings is 1. The van der Waals surface area contributed by atoms with Gasteiger partial charge in [-0.1, -0.05) is 13.0 Å². The van der Waals surface area contributed by atoms with E-state index in [1.165, 1.54) is 6.07 Å². The van der Waals surface area contributed by atoms with Crippen molar-refractivity contribution < 1.29 is 14.3 Å². The number of hydrogen-bond donors (Lipinski definition) is 1. The van der Waals surface area contributed by atoms with E-state index in [1.807, 2.05) is 0 Å². The Kier molecular flexibility index (Phi) is 5.09. The maximum absolute atomic E-state index is 13.9. The van der Waals surface area contributed by atoms with Crippen molar-refractivity contribution in [3.63, 3.8) is 0 Å². The highest BCUT2D eigenvalue weighted by atomic mass is 19.1. The molecule has 0 saturated carbocycles. The fourth-order valence-corrected chi connectivity index (χ4v) is 2.54. The Morgan fingerprint density at radius 3 is 2.45 bits per heavy atom. The Balaban J connectivity index is 1.93. The van der Waals surface area contributed by atoms with Crippen LogP contribution in [0, 0.1) is 5.82 Å². The van der Waals surface area contributed by atoms with E-state index in [-0.39, 0.29) is 5.56 Å². The van der Waals surface area contributed by atoms with Crippen LogP contribution in [0.2, 0.25) is 0 Å². The lowest BCUT2D eigenvalue weighted by Crippen LogP contribution is -2.46. The van der Waals surface area contributed by atoms with Crippen LogP contribution in [0.25, 0.3) is 0 Å². The Morgan fingerprint density at radius 1 is 1.25 bits per heavy atom. The molecule has 1 fully saturated rings. The zero-order valence-corrected chi connectivity index (χ0v) is 11.8. The van der Waals surface area contributed by atoms with Crippen LogP contribution in [0.4, 0.5) is 4.39 Å². The minimum absolute atomic E-state index is 0.000912. The Hall–Kier alpha value is -1.46. The van der Waals surface area contributed by atoms with Crippen molar-refractivity contribution in [2.45, 2.75) is 19.9 Å². The summed E-state index contributed by atoms with van der Waals surface area (Å²) in [6, 6.07) is 4.15. The zero-order chi connectivity index (χ0) is 14.5.